The Bertz CT molecular complexity index is 94.9. The second-order valence-electron chi connectivity index (χ2n) is 3.42. The summed E-state index contributed by atoms with van der Waals surface area (Å²) < 4.78 is 4.98. The highest BCUT2D eigenvalue weighted by Crippen LogP contribution is 2.05. The largest absolute Gasteiger partial charge is 0.385 e. The molecule has 0 rings (SSSR count). The van der Waals surface area contributed by atoms with E-state index >= 15 is 0 Å². The molecule has 0 aliphatic rings. The zero-order valence-corrected chi connectivity index (χ0v) is 9.01. The summed E-state index contributed by atoms with van der Waals surface area (Å²) >= 11 is 0. The molecular formula is C10H24N2O. The van der Waals surface area contributed by atoms with Crippen molar-refractivity contribution >= 4 is 0 Å². The molecule has 0 amide bonds. The summed E-state index contributed by atoms with van der Waals surface area (Å²) in [6, 6.07) is 0.502. The molecule has 13 heavy (non-hydrogen) atoms. The molecule has 0 bridgehead atoms. The highest BCUT2D eigenvalue weighted by molar-refractivity contribution is 4.64. The maximum absolute atomic E-state index is 5.56. The Morgan fingerprint density at radius 2 is 1.92 bits per heavy atom. The fourth-order valence-corrected chi connectivity index (χ4v) is 1.37. The lowest BCUT2D eigenvalue weighted by molar-refractivity contribution is 0.192. The van der Waals surface area contributed by atoms with Gasteiger partial charge < -0.3 is 15.8 Å². The standard InChI is InChI=1S/C10H24N2O/c1-12-10(9-11)7-5-3-4-6-8-13-2/h10,12H,3-9,11H2,1-2H3. The Morgan fingerprint density at radius 1 is 1.23 bits per heavy atom. The first-order valence-electron chi connectivity index (χ1n) is 5.21. The summed E-state index contributed by atoms with van der Waals surface area (Å²) in [5, 5.41) is 3.20. The van der Waals surface area contributed by atoms with Crippen molar-refractivity contribution in [3.05, 3.63) is 0 Å². The van der Waals surface area contributed by atoms with Crippen LogP contribution in [0.4, 0.5) is 0 Å². The van der Waals surface area contributed by atoms with E-state index < -0.39 is 0 Å². The Labute approximate surface area is 82.0 Å². The van der Waals surface area contributed by atoms with E-state index in [1.807, 2.05) is 7.05 Å². The minimum absolute atomic E-state index is 0.502. The normalized spacial score (nSPS) is 13.2. The maximum atomic E-state index is 5.56. The Balaban J connectivity index is 3.05. The third kappa shape index (κ3) is 8.22. The number of unbranched alkanes of at least 4 members (excludes halogenated alkanes) is 3. The Hall–Kier alpha value is -0.120. The monoisotopic (exact) mass is 188 g/mol. The summed E-state index contributed by atoms with van der Waals surface area (Å²) in [6.07, 6.45) is 6.21. The summed E-state index contributed by atoms with van der Waals surface area (Å²) in [5.74, 6) is 0. The number of rotatable bonds is 9. The molecule has 0 radical (unpaired) electrons. The van der Waals surface area contributed by atoms with Crippen molar-refractivity contribution in [2.45, 2.75) is 38.1 Å². The van der Waals surface area contributed by atoms with Gasteiger partial charge in [0.15, 0.2) is 0 Å². The predicted octanol–water partition coefficient (Wildman–Crippen LogP) is 1.13. The van der Waals surface area contributed by atoms with Crippen LogP contribution in [0.5, 0.6) is 0 Å². The molecule has 3 nitrogen and oxygen atoms in total. The number of nitrogens with one attached hydrogen (secondary N) is 1. The van der Waals surface area contributed by atoms with Crippen molar-refractivity contribution in [1.29, 1.82) is 0 Å². The highest BCUT2D eigenvalue weighted by atomic mass is 16.5. The molecule has 0 aliphatic carbocycles. The molecule has 0 fully saturated rings. The molecule has 0 aromatic heterocycles. The van der Waals surface area contributed by atoms with Gasteiger partial charge in [-0.15, -0.1) is 0 Å². The topological polar surface area (TPSA) is 47.3 Å². The van der Waals surface area contributed by atoms with Crippen molar-refractivity contribution in [3.8, 4) is 0 Å². The minimum Gasteiger partial charge on any atom is -0.385 e. The van der Waals surface area contributed by atoms with Crippen LogP contribution < -0.4 is 11.1 Å². The van der Waals surface area contributed by atoms with Crippen molar-refractivity contribution in [3.63, 3.8) is 0 Å². The van der Waals surface area contributed by atoms with Crippen LogP contribution in [0.1, 0.15) is 32.1 Å². The zero-order chi connectivity index (χ0) is 9.94. The molecular weight excluding hydrogens is 164 g/mol. The van der Waals surface area contributed by atoms with Crippen LogP contribution in [0.2, 0.25) is 0 Å². The lowest BCUT2D eigenvalue weighted by atomic mass is 10.1. The van der Waals surface area contributed by atoms with Crippen LogP contribution in [0.25, 0.3) is 0 Å². The van der Waals surface area contributed by atoms with Crippen molar-refractivity contribution in [2.24, 2.45) is 5.73 Å². The van der Waals surface area contributed by atoms with Crippen LogP contribution in [0, 0.1) is 0 Å². The number of hydrogen-bond donors (Lipinski definition) is 2. The van der Waals surface area contributed by atoms with Crippen LogP contribution in [0.15, 0.2) is 0 Å². The van der Waals surface area contributed by atoms with E-state index in [1.54, 1.807) is 7.11 Å². The first-order valence-corrected chi connectivity index (χ1v) is 5.21. The number of ether oxygens (including phenoxy) is 1. The van der Waals surface area contributed by atoms with Gasteiger partial charge in [0.2, 0.25) is 0 Å². The molecule has 1 atom stereocenters. The number of likely N-dealkylation sites (N-methyl/N-ethyl adjacent to an activating group) is 1. The van der Waals surface area contributed by atoms with Crippen LogP contribution in [-0.2, 0) is 4.74 Å². The van der Waals surface area contributed by atoms with Crippen LogP contribution in [0.3, 0.4) is 0 Å². The van der Waals surface area contributed by atoms with Gasteiger partial charge in [0.05, 0.1) is 0 Å². The lowest BCUT2D eigenvalue weighted by Gasteiger charge is -2.12. The second-order valence-corrected chi connectivity index (χ2v) is 3.42. The lowest BCUT2D eigenvalue weighted by Crippen LogP contribution is -2.32. The molecule has 0 aromatic carbocycles. The number of nitrogens with two attached hydrogens (primary N) is 1. The van der Waals surface area contributed by atoms with E-state index in [4.69, 9.17) is 10.5 Å². The van der Waals surface area contributed by atoms with E-state index in [0.29, 0.717) is 6.04 Å². The van der Waals surface area contributed by atoms with Crippen LogP contribution in [-0.4, -0.2) is 33.4 Å². The SMILES string of the molecule is CNC(CN)CCCCCCOC. The highest BCUT2D eigenvalue weighted by Gasteiger charge is 2.01. The Morgan fingerprint density at radius 3 is 2.46 bits per heavy atom. The summed E-state index contributed by atoms with van der Waals surface area (Å²) in [6.45, 7) is 1.64. The fraction of sp³-hybridized carbons (Fsp3) is 1.00. The third-order valence-electron chi connectivity index (χ3n) is 2.34. The minimum atomic E-state index is 0.502. The molecule has 0 spiro atoms. The molecule has 3 N–H and O–H groups in total. The zero-order valence-electron chi connectivity index (χ0n) is 9.01. The maximum Gasteiger partial charge on any atom is 0.0462 e. The molecule has 1 unspecified atom stereocenters. The molecule has 0 saturated carbocycles. The average Bonchev–Trinajstić information content (AvgIpc) is 2.17. The quantitative estimate of drug-likeness (QED) is 0.533. The summed E-state index contributed by atoms with van der Waals surface area (Å²) in [7, 11) is 3.73. The van der Waals surface area contributed by atoms with Gasteiger partial charge >= 0.3 is 0 Å². The van der Waals surface area contributed by atoms with Gasteiger partial charge in [-0.2, -0.15) is 0 Å². The summed E-state index contributed by atoms with van der Waals surface area (Å²) in [4.78, 5) is 0. The molecule has 3 heteroatoms. The average molecular weight is 188 g/mol. The third-order valence-corrected chi connectivity index (χ3v) is 2.34. The molecule has 0 aromatic rings. The van der Waals surface area contributed by atoms with Gasteiger partial charge in [0.25, 0.3) is 0 Å². The van der Waals surface area contributed by atoms with Gasteiger partial charge in [-0.1, -0.05) is 19.3 Å². The smallest absolute Gasteiger partial charge is 0.0462 e. The molecule has 0 saturated heterocycles. The van der Waals surface area contributed by atoms with Gasteiger partial charge in [-0.25, -0.2) is 0 Å². The fourth-order valence-electron chi connectivity index (χ4n) is 1.37. The van der Waals surface area contributed by atoms with E-state index in [9.17, 15) is 0 Å². The van der Waals surface area contributed by atoms with Crippen molar-refractivity contribution < 1.29 is 4.74 Å². The van der Waals surface area contributed by atoms with E-state index in [-0.39, 0.29) is 0 Å². The van der Waals surface area contributed by atoms with Crippen LogP contribution >= 0.6 is 0 Å². The molecule has 80 valence electrons. The number of hydrogen-bond acceptors (Lipinski definition) is 3. The second kappa shape index (κ2) is 9.96. The molecule has 0 heterocycles. The van der Waals surface area contributed by atoms with E-state index in [1.165, 1.54) is 32.1 Å². The Kier molecular flexibility index (Phi) is 9.87. The van der Waals surface area contributed by atoms with Gasteiger partial charge in [-0.05, 0) is 19.9 Å². The first-order chi connectivity index (χ1) is 6.35. The summed E-state index contributed by atoms with van der Waals surface area (Å²) in [5.41, 5.74) is 5.56. The van der Waals surface area contributed by atoms with Gasteiger partial charge in [0, 0.05) is 26.3 Å². The van der Waals surface area contributed by atoms with Gasteiger partial charge in [0.1, 0.15) is 0 Å². The van der Waals surface area contributed by atoms with Crippen molar-refractivity contribution in [1.82, 2.24) is 5.32 Å². The molecule has 0 aliphatic heterocycles. The predicted molar refractivity (Wildman–Crippen MR) is 56.9 cm³/mol. The van der Waals surface area contributed by atoms with Gasteiger partial charge in [-0.3, -0.25) is 0 Å². The van der Waals surface area contributed by atoms with Crippen molar-refractivity contribution in [2.75, 3.05) is 27.3 Å². The first kappa shape index (κ1) is 12.9. The van der Waals surface area contributed by atoms with E-state index in [0.717, 1.165) is 13.2 Å². The number of methoxy groups -OCH3 is 1. The van der Waals surface area contributed by atoms with E-state index in [2.05, 4.69) is 5.32 Å².